The third-order valence-electron chi connectivity index (χ3n) is 3.88. The Morgan fingerprint density at radius 1 is 1.27 bits per heavy atom. The van der Waals surface area contributed by atoms with Crippen LogP contribution in [0, 0.1) is 11.3 Å². The maximum absolute atomic E-state index is 11.8. The number of carbonyl (C=O) groups excluding carboxylic acids is 1. The summed E-state index contributed by atoms with van der Waals surface area (Å²) >= 11 is 0. The van der Waals surface area contributed by atoms with Crippen molar-refractivity contribution in [3.05, 3.63) is 0 Å². The fraction of sp³-hybridized carbons (Fsp3) is 0.833. The van der Waals surface area contributed by atoms with Crippen LogP contribution in [0.4, 0.5) is 0 Å². The zero-order valence-electron chi connectivity index (χ0n) is 9.58. The number of aliphatic carboxylic acids is 1. The van der Waals surface area contributed by atoms with Gasteiger partial charge in [0.15, 0.2) is 0 Å². The van der Waals surface area contributed by atoms with Crippen LogP contribution in [0.2, 0.25) is 0 Å². The summed E-state index contributed by atoms with van der Waals surface area (Å²) in [4.78, 5) is 22.7. The van der Waals surface area contributed by atoms with Crippen LogP contribution in [0.5, 0.6) is 0 Å². The van der Waals surface area contributed by atoms with Gasteiger partial charge in [-0.25, -0.2) is 0 Å². The zero-order valence-corrected chi connectivity index (χ0v) is 9.58. The third kappa shape index (κ3) is 2.39. The molecule has 0 aromatic rings. The average molecular weight is 212 g/mol. The molecule has 0 bridgehead atoms. The van der Waals surface area contributed by atoms with Crippen LogP contribution in [0.3, 0.4) is 0 Å². The first-order valence-corrected chi connectivity index (χ1v) is 5.82. The average Bonchev–Trinajstić information content (AvgIpc) is 2.27. The number of ketones is 1. The second kappa shape index (κ2) is 4.77. The van der Waals surface area contributed by atoms with E-state index in [1.807, 2.05) is 13.8 Å². The highest BCUT2D eigenvalue weighted by Crippen LogP contribution is 2.42. The first kappa shape index (κ1) is 12.2. The number of hydrogen-bond acceptors (Lipinski definition) is 2. The van der Waals surface area contributed by atoms with Gasteiger partial charge in [-0.2, -0.15) is 0 Å². The van der Waals surface area contributed by atoms with Crippen LogP contribution in [0.1, 0.15) is 52.4 Å². The second-order valence-electron chi connectivity index (χ2n) is 4.52. The minimum absolute atomic E-state index is 0.208. The molecule has 3 nitrogen and oxygen atoms in total. The van der Waals surface area contributed by atoms with Gasteiger partial charge in [0.05, 0.1) is 5.92 Å². The molecule has 0 radical (unpaired) electrons. The molecule has 0 spiro atoms. The van der Waals surface area contributed by atoms with Crippen molar-refractivity contribution in [2.75, 3.05) is 0 Å². The van der Waals surface area contributed by atoms with Gasteiger partial charge in [0.2, 0.25) is 0 Å². The van der Waals surface area contributed by atoms with Crippen LogP contribution in [-0.4, -0.2) is 16.9 Å². The molecule has 1 aliphatic carbocycles. The first-order chi connectivity index (χ1) is 7.05. The van der Waals surface area contributed by atoms with E-state index in [9.17, 15) is 9.59 Å². The third-order valence-corrected chi connectivity index (χ3v) is 3.88. The summed E-state index contributed by atoms with van der Waals surface area (Å²) in [5.41, 5.74) is -0.208. The van der Waals surface area contributed by atoms with Crippen LogP contribution in [0.25, 0.3) is 0 Å². The van der Waals surface area contributed by atoms with Gasteiger partial charge in [-0.3, -0.25) is 9.59 Å². The Morgan fingerprint density at radius 2 is 1.80 bits per heavy atom. The summed E-state index contributed by atoms with van der Waals surface area (Å²) in [6.45, 7) is 3.93. The summed E-state index contributed by atoms with van der Waals surface area (Å²) in [5.74, 6) is -0.619. The van der Waals surface area contributed by atoms with Gasteiger partial charge in [0.25, 0.3) is 0 Å². The maximum Gasteiger partial charge on any atom is 0.306 e. The van der Waals surface area contributed by atoms with Gasteiger partial charge in [-0.1, -0.05) is 13.8 Å². The molecule has 15 heavy (non-hydrogen) atoms. The molecular formula is C12H20O3. The van der Waals surface area contributed by atoms with Crippen molar-refractivity contribution in [2.24, 2.45) is 11.3 Å². The lowest BCUT2D eigenvalue weighted by Crippen LogP contribution is -2.36. The standard InChI is InChI=1S/C12H20O3/c1-3-10(13)12(4-2)7-5-9(6-8-12)11(14)15/h9H,3-8H2,1-2H3,(H,14,15). The molecule has 3 heteroatoms. The fourth-order valence-electron chi connectivity index (χ4n) is 2.62. The molecule has 0 amide bonds. The molecule has 1 aliphatic rings. The van der Waals surface area contributed by atoms with Gasteiger partial charge in [-0.05, 0) is 32.1 Å². The smallest absolute Gasteiger partial charge is 0.306 e. The van der Waals surface area contributed by atoms with E-state index in [1.165, 1.54) is 0 Å². The van der Waals surface area contributed by atoms with Crippen LogP contribution in [0.15, 0.2) is 0 Å². The van der Waals surface area contributed by atoms with Gasteiger partial charge in [0, 0.05) is 11.8 Å². The topological polar surface area (TPSA) is 54.4 Å². The van der Waals surface area contributed by atoms with E-state index in [0.29, 0.717) is 25.0 Å². The Morgan fingerprint density at radius 3 is 2.13 bits per heavy atom. The van der Waals surface area contributed by atoms with E-state index in [2.05, 4.69) is 0 Å². The van der Waals surface area contributed by atoms with E-state index in [4.69, 9.17) is 5.11 Å². The number of hydrogen-bond donors (Lipinski definition) is 1. The van der Waals surface area contributed by atoms with Gasteiger partial charge >= 0.3 is 5.97 Å². The molecule has 0 aromatic heterocycles. The first-order valence-electron chi connectivity index (χ1n) is 5.82. The van der Waals surface area contributed by atoms with Crippen LogP contribution in [-0.2, 0) is 9.59 Å². The zero-order chi connectivity index (χ0) is 11.5. The molecule has 1 N–H and O–H groups in total. The summed E-state index contributed by atoms with van der Waals surface area (Å²) in [6.07, 6.45) is 4.27. The predicted molar refractivity (Wildman–Crippen MR) is 57.6 cm³/mol. The van der Waals surface area contributed by atoms with Crippen molar-refractivity contribution in [1.82, 2.24) is 0 Å². The Labute approximate surface area is 90.9 Å². The number of Topliss-reactive ketones (excluding diaryl/α,β-unsaturated/α-hetero) is 1. The van der Waals surface area contributed by atoms with Crippen molar-refractivity contribution >= 4 is 11.8 Å². The van der Waals surface area contributed by atoms with E-state index < -0.39 is 5.97 Å². The summed E-state index contributed by atoms with van der Waals surface area (Å²) in [6, 6.07) is 0. The summed E-state index contributed by atoms with van der Waals surface area (Å²) in [7, 11) is 0. The number of rotatable bonds is 4. The molecule has 0 heterocycles. The Balaban J connectivity index is 2.66. The Hall–Kier alpha value is -0.860. The number of carboxylic acids is 1. The Kier molecular flexibility index (Phi) is 3.89. The fourth-order valence-corrected chi connectivity index (χ4v) is 2.62. The van der Waals surface area contributed by atoms with Crippen molar-refractivity contribution in [3.8, 4) is 0 Å². The molecule has 0 aromatic carbocycles. The largest absolute Gasteiger partial charge is 0.481 e. The molecule has 1 saturated carbocycles. The van der Waals surface area contributed by atoms with E-state index in [0.717, 1.165) is 19.3 Å². The van der Waals surface area contributed by atoms with Crippen LogP contribution >= 0.6 is 0 Å². The summed E-state index contributed by atoms with van der Waals surface area (Å²) < 4.78 is 0. The quantitative estimate of drug-likeness (QED) is 0.779. The van der Waals surface area contributed by atoms with E-state index in [1.54, 1.807) is 0 Å². The molecule has 0 unspecified atom stereocenters. The maximum atomic E-state index is 11.8. The van der Waals surface area contributed by atoms with E-state index >= 15 is 0 Å². The number of carbonyl (C=O) groups is 2. The highest BCUT2D eigenvalue weighted by molar-refractivity contribution is 5.85. The lowest BCUT2D eigenvalue weighted by atomic mass is 9.66. The van der Waals surface area contributed by atoms with Gasteiger partial charge < -0.3 is 5.11 Å². The molecule has 86 valence electrons. The van der Waals surface area contributed by atoms with Gasteiger partial charge in [0.1, 0.15) is 5.78 Å². The highest BCUT2D eigenvalue weighted by atomic mass is 16.4. The molecule has 0 aliphatic heterocycles. The molecule has 1 fully saturated rings. The second-order valence-corrected chi connectivity index (χ2v) is 4.52. The highest BCUT2D eigenvalue weighted by Gasteiger charge is 2.40. The minimum atomic E-state index is -0.705. The van der Waals surface area contributed by atoms with Crippen molar-refractivity contribution in [1.29, 1.82) is 0 Å². The van der Waals surface area contributed by atoms with E-state index in [-0.39, 0.29) is 11.3 Å². The minimum Gasteiger partial charge on any atom is -0.481 e. The molecular weight excluding hydrogens is 192 g/mol. The van der Waals surface area contributed by atoms with Crippen molar-refractivity contribution in [3.63, 3.8) is 0 Å². The Bertz CT molecular complexity index is 250. The molecule has 0 saturated heterocycles. The molecule has 0 atom stereocenters. The summed E-state index contributed by atoms with van der Waals surface area (Å²) in [5, 5.41) is 8.89. The van der Waals surface area contributed by atoms with Crippen molar-refractivity contribution in [2.45, 2.75) is 52.4 Å². The lowest BCUT2D eigenvalue weighted by molar-refractivity contribution is -0.145. The van der Waals surface area contributed by atoms with Gasteiger partial charge in [-0.15, -0.1) is 0 Å². The lowest BCUT2D eigenvalue weighted by Gasteiger charge is -2.37. The predicted octanol–water partition coefficient (Wildman–Crippen LogP) is 2.64. The van der Waals surface area contributed by atoms with Crippen LogP contribution < -0.4 is 0 Å². The SMILES string of the molecule is CCC(=O)C1(CC)CCC(C(=O)O)CC1. The normalized spacial score (nSPS) is 31.2. The number of carboxylic acid groups (broad SMARTS) is 1. The van der Waals surface area contributed by atoms with Crippen molar-refractivity contribution < 1.29 is 14.7 Å². The molecule has 1 rings (SSSR count). The monoisotopic (exact) mass is 212 g/mol.